The average Bonchev–Trinajstić information content (AvgIpc) is 3.15. The number of carbonyl (C=O) groups excluding carboxylic acids is 1. The Labute approximate surface area is 184 Å². The third kappa shape index (κ3) is 3.90. The number of methoxy groups -OCH3 is 2. The van der Waals surface area contributed by atoms with Crippen LogP contribution in [0.3, 0.4) is 0 Å². The zero-order valence-electron chi connectivity index (χ0n) is 18.1. The van der Waals surface area contributed by atoms with Crippen molar-refractivity contribution in [1.29, 1.82) is 0 Å². The van der Waals surface area contributed by atoms with Crippen LogP contribution in [-0.2, 0) is 4.79 Å². The van der Waals surface area contributed by atoms with E-state index in [1.54, 1.807) is 32.4 Å². The van der Waals surface area contributed by atoms with Gasteiger partial charge in [0, 0.05) is 11.5 Å². The second kappa shape index (κ2) is 8.47. The number of nitrogens with one attached hydrogen (secondary N) is 1. The number of nitrogens with zero attached hydrogens (tertiary/aromatic N) is 3. The highest BCUT2D eigenvalue weighted by atomic mass is 32.2. The van der Waals surface area contributed by atoms with Crippen molar-refractivity contribution >= 4 is 39.9 Å². The summed E-state index contributed by atoms with van der Waals surface area (Å²) in [5, 5.41) is 13.1. The lowest BCUT2D eigenvalue weighted by atomic mass is 10.1. The summed E-state index contributed by atoms with van der Waals surface area (Å²) in [6, 6.07) is 13.5. The van der Waals surface area contributed by atoms with Gasteiger partial charge in [0.2, 0.25) is 5.91 Å². The number of hydrogen-bond donors (Lipinski definition) is 1. The third-order valence-electron chi connectivity index (χ3n) is 5.21. The number of anilines is 1. The highest BCUT2D eigenvalue weighted by Crippen LogP contribution is 2.32. The van der Waals surface area contributed by atoms with Crippen LogP contribution in [-0.4, -0.2) is 40.0 Å². The Bertz CT molecular complexity index is 1290. The average molecular weight is 437 g/mol. The highest BCUT2D eigenvalue weighted by Gasteiger charge is 2.21. The second-order valence-electron chi connectivity index (χ2n) is 7.29. The van der Waals surface area contributed by atoms with Crippen LogP contribution in [0.5, 0.6) is 11.5 Å². The van der Waals surface area contributed by atoms with Crippen LogP contribution in [0.2, 0.25) is 0 Å². The quantitative estimate of drug-likeness (QED) is 0.444. The molecule has 4 rings (SSSR count). The predicted octanol–water partition coefficient (Wildman–Crippen LogP) is 4.64. The summed E-state index contributed by atoms with van der Waals surface area (Å²) in [7, 11) is 3.14. The van der Waals surface area contributed by atoms with Crippen molar-refractivity contribution in [3.8, 4) is 11.5 Å². The lowest BCUT2D eigenvalue weighted by Crippen LogP contribution is -2.23. The SMILES string of the molecule is COc1ccc(OC)c(NC(=O)C(C)Sc2nnc3cc(C)c4cccc(C)c4n23)c1. The van der Waals surface area contributed by atoms with Gasteiger partial charge in [0.25, 0.3) is 0 Å². The minimum absolute atomic E-state index is 0.165. The minimum atomic E-state index is -0.413. The van der Waals surface area contributed by atoms with E-state index in [4.69, 9.17) is 9.47 Å². The van der Waals surface area contributed by atoms with Gasteiger partial charge in [0.15, 0.2) is 10.8 Å². The van der Waals surface area contributed by atoms with Crippen LogP contribution >= 0.6 is 11.8 Å². The largest absolute Gasteiger partial charge is 0.497 e. The molecule has 1 amide bonds. The molecule has 160 valence electrons. The number of rotatable bonds is 6. The molecular formula is C23H24N4O3S. The van der Waals surface area contributed by atoms with Gasteiger partial charge >= 0.3 is 0 Å². The molecule has 0 saturated carbocycles. The lowest BCUT2D eigenvalue weighted by molar-refractivity contribution is -0.115. The summed E-state index contributed by atoms with van der Waals surface area (Å²) in [5.41, 5.74) is 4.66. The first kappa shape index (κ1) is 21.0. The van der Waals surface area contributed by atoms with Crippen molar-refractivity contribution in [3.63, 3.8) is 0 Å². The van der Waals surface area contributed by atoms with Gasteiger partial charge in [-0.25, -0.2) is 0 Å². The van der Waals surface area contributed by atoms with E-state index in [9.17, 15) is 4.79 Å². The van der Waals surface area contributed by atoms with Crippen molar-refractivity contribution in [2.24, 2.45) is 0 Å². The van der Waals surface area contributed by atoms with E-state index < -0.39 is 5.25 Å². The molecule has 0 radical (unpaired) electrons. The normalized spacial score (nSPS) is 12.2. The number of fused-ring (bicyclic) bond motifs is 3. The van der Waals surface area contributed by atoms with E-state index in [-0.39, 0.29) is 5.91 Å². The molecule has 1 unspecified atom stereocenters. The summed E-state index contributed by atoms with van der Waals surface area (Å²) in [4.78, 5) is 12.9. The van der Waals surface area contributed by atoms with E-state index in [0.717, 1.165) is 27.7 Å². The summed E-state index contributed by atoms with van der Waals surface area (Å²) in [5.74, 6) is 1.04. The van der Waals surface area contributed by atoms with Gasteiger partial charge in [-0.3, -0.25) is 9.20 Å². The number of hydrogen-bond acceptors (Lipinski definition) is 6. The minimum Gasteiger partial charge on any atom is -0.497 e. The van der Waals surface area contributed by atoms with Crippen molar-refractivity contribution in [3.05, 3.63) is 53.6 Å². The molecule has 0 aliphatic carbocycles. The zero-order valence-corrected chi connectivity index (χ0v) is 18.9. The fraction of sp³-hybridized carbons (Fsp3) is 0.261. The summed E-state index contributed by atoms with van der Waals surface area (Å²) < 4.78 is 12.6. The Morgan fingerprint density at radius 2 is 1.87 bits per heavy atom. The molecular weight excluding hydrogens is 412 g/mol. The van der Waals surface area contributed by atoms with Crippen molar-refractivity contribution in [2.75, 3.05) is 19.5 Å². The Morgan fingerprint density at radius 3 is 2.61 bits per heavy atom. The lowest BCUT2D eigenvalue weighted by Gasteiger charge is -2.15. The maximum Gasteiger partial charge on any atom is 0.237 e. The van der Waals surface area contributed by atoms with E-state index >= 15 is 0 Å². The number of amides is 1. The van der Waals surface area contributed by atoms with Crippen molar-refractivity contribution in [1.82, 2.24) is 14.6 Å². The van der Waals surface area contributed by atoms with Gasteiger partial charge in [-0.1, -0.05) is 30.0 Å². The molecule has 31 heavy (non-hydrogen) atoms. The monoisotopic (exact) mass is 436 g/mol. The second-order valence-corrected chi connectivity index (χ2v) is 8.60. The smallest absolute Gasteiger partial charge is 0.237 e. The van der Waals surface area contributed by atoms with E-state index in [1.165, 1.54) is 11.8 Å². The molecule has 8 heteroatoms. The first-order chi connectivity index (χ1) is 14.9. The van der Waals surface area contributed by atoms with Crippen LogP contribution < -0.4 is 14.8 Å². The molecule has 1 N–H and O–H groups in total. The van der Waals surface area contributed by atoms with Gasteiger partial charge < -0.3 is 14.8 Å². The Balaban J connectivity index is 1.65. The van der Waals surface area contributed by atoms with Crippen LogP contribution in [0.25, 0.3) is 16.6 Å². The summed E-state index contributed by atoms with van der Waals surface area (Å²) >= 11 is 1.37. The van der Waals surface area contributed by atoms with Crippen LogP contribution in [0.1, 0.15) is 18.1 Å². The number of aromatic nitrogens is 3. The molecule has 2 aromatic heterocycles. The van der Waals surface area contributed by atoms with E-state index in [1.807, 2.05) is 23.5 Å². The number of ether oxygens (including phenoxy) is 2. The van der Waals surface area contributed by atoms with Gasteiger partial charge in [0.1, 0.15) is 11.5 Å². The molecule has 2 aromatic carbocycles. The van der Waals surface area contributed by atoms with Crippen molar-refractivity contribution in [2.45, 2.75) is 31.2 Å². The molecule has 0 aliphatic heterocycles. The van der Waals surface area contributed by atoms with E-state index in [0.29, 0.717) is 22.3 Å². The number of carbonyl (C=O) groups is 1. The maximum absolute atomic E-state index is 12.9. The Kier molecular flexibility index (Phi) is 5.73. The molecule has 0 bridgehead atoms. The molecule has 1 atom stereocenters. The number of thioether (sulfide) groups is 1. The van der Waals surface area contributed by atoms with Gasteiger partial charge in [0.05, 0.1) is 30.7 Å². The Morgan fingerprint density at radius 1 is 1.06 bits per heavy atom. The van der Waals surface area contributed by atoms with Gasteiger partial charge in [-0.2, -0.15) is 0 Å². The Hall–Kier alpha value is -3.26. The van der Waals surface area contributed by atoms with Gasteiger partial charge in [-0.15, -0.1) is 10.2 Å². The van der Waals surface area contributed by atoms with Gasteiger partial charge in [-0.05, 0) is 50.1 Å². The zero-order chi connectivity index (χ0) is 22.1. The molecule has 4 aromatic rings. The molecule has 0 saturated heterocycles. The number of aryl methyl sites for hydroxylation is 2. The fourth-order valence-electron chi connectivity index (χ4n) is 3.56. The third-order valence-corrected chi connectivity index (χ3v) is 6.25. The first-order valence-electron chi connectivity index (χ1n) is 9.86. The highest BCUT2D eigenvalue weighted by molar-refractivity contribution is 8.00. The molecule has 7 nitrogen and oxygen atoms in total. The van der Waals surface area contributed by atoms with Crippen molar-refractivity contribution < 1.29 is 14.3 Å². The molecule has 0 aliphatic rings. The number of pyridine rings is 1. The molecule has 2 heterocycles. The fourth-order valence-corrected chi connectivity index (χ4v) is 4.42. The van der Waals surface area contributed by atoms with Crippen LogP contribution in [0.15, 0.2) is 47.6 Å². The standard InChI is InChI=1S/C23H24N4O3S/c1-13-7-6-8-17-14(2)11-20-25-26-23(27(20)21(13)17)31-15(3)22(28)24-18-12-16(29-4)9-10-19(18)30-5/h6-12,15H,1-5H3,(H,24,28). The van der Waals surface area contributed by atoms with Crippen LogP contribution in [0, 0.1) is 13.8 Å². The topological polar surface area (TPSA) is 77.8 Å². The number of benzene rings is 2. The maximum atomic E-state index is 12.9. The predicted molar refractivity (Wildman–Crippen MR) is 123 cm³/mol. The number of para-hydroxylation sites is 1. The molecule has 0 fully saturated rings. The molecule has 0 spiro atoms. The van der Waals surface area contributed by atoms with Crippen LogP contribution in [0.4, 0.5) is 5.69 Å². The summed E-state index contributed by atoms with van der Waals surface area (Å²) in [6.45, 7) is 5.98. The van der Waals surface area contributed by atoms with E-state index in [2.05, 4.69) is 41.5 Å². The first-order valence-corrected chi connectivity index (χ1v) is 10.7. The summed E-state index contributed by atoms with van der Waals surface area (Å²) in [6.07, 6.45) is 0.